The lowest BCUT2D eigenvalue weighted by Crippen LogP contribution is -2.16. The molecule has 2 aromatic rings. The van der Waals surface area contributed by atoms with Crippen LogP contribution in [0.15, 0.2) is 18.2 Å². The number of hydrogen-bond acceptors (Lipinski definition) is 4. The van der Waals surface area contributed by atoms with Crippen LogP contribution in [-0.4, -0.2) is 26.8 Å². The maximum Gasteiger partial charge on any atom is 0.170 e. The van der Waals surface area contributed by atoms with Gasteiger partial charge in [0.25, 0.3) is 0 Å². The summed E-state index contributed by atoms with van der Waals surface area (Å²) in [6, 6.07) is 5.73. The Morgan fingerprint density at radius 2 is 2.24 bits per heavy atom. The van der Waals surface area contributed by atoms with E-state index in [2.05, 4.69) is 20.8 Å². The zero-order valence-corrected chi connectivity index (χ0v) is 10.6. The number of para-hydroxylation sites is 1. The number of aryl methyl sites for hydroxylation is 1. The SMILES string of the molecule is CCNCc1nnnn1-c1c(C)cccc1Cl. The fourth-order valence-corrected chi connectivity index (χ4v) is 1.92. The fourth-order valence-electron chi connectivity index (χ4n) is 1.62. The van der Waals surface area contributed by atoms with Crippen molar-refractivity contribution in [2.24, 2.45) is 0 Å². The van der Waals surface area contributed by atoms with Crippen molar-refractivity contribution in [1.82, 2.24) is 25.5 Å². The summed E-state index contributed by atoms with van der Waals surface area (Å²) in [7, 11) is 0. The lowest BCUT2D eigenvalue weighted by atomic mass is 10.2. The van der Waals surface area contributed by atoms with Gasteiger partial charge in [-0.3, -0.25) is 0 Å². The second-order valence-corrected chi connectivity index (χ2v) is 4.10. The van der Waals surface area contributed by atoms with Crippen LogP contribution in [0.2, 0.25) is 5.02 Å². The summed E-state index contributed by atoms with van der Waals surface area (Å²) in [4.78, 5) is 0. The minimum Gasteiger partial charge on any atom is -0.310 e. The van der Waals surface area contributed by atoms with Gasteiger partial charge in [0.1, 0.15) is 0 Å². The summed E-state index contributed by atoms with van der Waals surface area (Å²) in [5.41, 5.74) is 1.88. The van der Waals surface area contributed by atoms with Crippen molar-refractivity contribution in [3.63, 3.8) is 0 Å². The molecule has 0 fully saturated rings. The first kappa shape index (κ1) is 12.0. The van der Waals surface area contributed by atoms with Gasteiger partial charge in [0.15, 0.2) is 5.82 Å². The number of tetrazole rings is 1. The van der Waals surface area contributed by atoms with E-state index in [0.29, 0.717) is 11.6 Å². The Kier molecular flexibility index (Phi) is 3.71. The highest BCUT2D eigenvalue weighted by molar-refractivity contribution is 6.32. The highest BCUT2D eigenvalue weighted by atomic mass is 35.5. The molecule has 1 aromatic heterocycles. The van der Waals surface area contributed by atoms with Gasteiger partial charge in [-0.25, -0.2) is 0 Å². The van der Waals surface area contributed by atoms with E-state index >= 15 is 0 Å². The molecule has 0 bridgehead atoms. The van der Waals surface area contributed by atoms with E-state index in [0.717, 1.165) is 23.6 Å². The number of benzene rings is 1. The quantitative estimate of drug-likeness (QED) is 0.899. The second-order valence-electron chi connectivity index (χ2n) is 3.69. The zero-order valence-electron chi connectivity index (χ0n) is 9.81. The Labute approximate surface area is 105 Å². The summed E-state index contributed by atoms with van der Waals surface area (Å²) < 4.78 is 1.68. The highest BCUT2D eigenvalue weighted by Crippen LogP contribution is 2.23. The summed E-state index contributed by atoms with van der Waals surface area (Å²) >= 11 is 6.19. The Morgan fingerprint density at radius 3 is 2.94 bits per heavy atom. The smallest absolute Gasteiger partial charge is 0.170 e. The first-order valence-electron chi connectivity index (χ1n) is 5.47. The number of rotatable bonds is 4. The molecule has 0 spiro atoms. The van der Waals surface area contributed by atoms with Crippen molar-refractivity contribution >= 4 is 11.6 Å². The molecule has 0 radical (unpaired) electrons. The Bertz CT molecular complexity index is 488. The molecular formula is C11H14ClN5. The second kappa shape index (κ2) is 5.25. The van der Waals surface area contributed by atoms with Crippen LogP contribution in [0, 0.1) is 6.92 Å². The molecule has 90 valence electrons. The van der Waals surface area contributed by atoms with Gasteiger partial charge in [-0.15, -0.1) is 5.10 Å². The van der Waals surface area contributed by atoms with E-state index < -0.39 is 0 Å². The topological polar surface area (TPSA) is 55.6 Å². The van der Waals surface area contributed by atoms with Crippen molar-refractivity contribution < 1.29 is 0 Å². The molecule has 0 saturated carbocycles. The average Bonchev–Trinajstić information content (AvgIpc) is 2.74. The van der Waals surface area contributed by atoms with E-state index in [1.165, 1.54) is 0 Å². The van der Waals surface area contributed by atoms with Gasteiger partial charge in [0.05, 0.1) is 17.3 Å². The van der Waals surface area contributed by atoms with Crippen molar-refractivity contribution in [3.8, 4) is 5.69 Å². The van der Waals surface area contributed by atoms with Crippen molar-refractivity contribution in [1.29, 1.82) is 0 Å². The van der Waals surface area contributed by atoms with Crippen molar-refractivity contribution in [2.45, 2.75) is 20.4 Å². The molecular weight excluding hydrogens is 238 g/mol. The van der Waals surface area contributed by atoms with Crippen molar-refractivity contribution in [2.75, 3.05) is 6.54 Å². The van der Waals surface area contributed by atoms with Gasteiger partial charge in [-0.1, -0.05) is 30.7 Å². The predicted molar refractivity (Wildman–Crippen MR) is 66.3 cm³/mol. The van der Waals surface area contributed by atoms with Crippen LogP contribution in [0.3, 0.4) is 0 Å². The molecule has 0 amide bonds. The predicted octanol–water partition coefficient (Wildman–Crippen LogP) is 1.73. The van der Waals surface area contributed by atoms with Crippen LogP contribution < -0.4 is 5.32 Å². The lowest BCUT2D eigenvalue weighted by Gasteiger charge is -2.09. The highest BCUT2D eigenvalue weighted by Gasteiger charge is 2.12. The van der Waals surface area contributed by atoms with E-state index in [1.807, 2.05) is 32.0 Å². The maximum atomic E-state index is 6.19. The molecule has 1 aromatic carbocycles. The number of aromatic nitrogens is 4. The molecule has 17 heavy (non-hydrogen) atoms. The Morgan fingerprint density at radius 1 is 1.41 bits per heavy atom. The van der Waals surface area contributed by atoms with Gasteiger partial charge >= 0.3 is 0 Å². The third kappa shape index (κ3) is 2.45. The van der Waals surface area contributed by atoms with Crippen LogP contribution in [0.1, 0.15) is 18.3 Å². The molecule has 0 atom stereocenters. The minimum absolute atomic E-state index is 0.619. The van der Waals surface area contributed by atoms with Crippen LogP contribution in [-0.2, 0) is 6.54 Å². The number of hydrogen-bond donors (Lipinski definition) is 1. The third-order valence-electron chi connectivity index (χ3n) is 2.47. The Balaban J connectivity index is 2.43. The first-order chi connectivity index (χ1) is 8.24. The van der Waals surface area contributed by atoms with Gasteiger partial charge in [-0.05, 0) is 35.5 Å². The lowest BCUT2D eigenvalue weighted by molar-refractivity contribution is 0.663. The van der Waals surface area contributed by atoms with Gasteiger partial charge < -0.3 is 5.32 Å². The largest absolute Gasteiger partial charge is 0.310 e. The van der Waals surface area contributed by atoms with E-state index in [-0.39, 0.29) is 0 Å². The molecule has 6 heteroatoms. The summed E-state index contributed by atoms with van der Waals surface area (Å²) in [5, 5.41) is 15.5. The summed E-state index contributed by atoms with van der Waals surface area (Å²) in [5.74, 6) is 0.753. The maximum absolute atomic E-state index is 6.19. The molecule has 1 N–H and O–H groups in total. The number of nitrogens with zero attached hydrogens (tertiary/aromatic N) is 4. The average molecular weight is 252 g/mol. The van der Waals surface area contributed by atoms with E-state index in [1.54, 1.807) is 4.68 Å². The molecule has 1 heterocycles. The number of halogens is 1. The molecule has 0 aliphatic heterocycles. The standard InChI is InChI=1S/C11H14ClN5/c1-3-13-7-10-14-15-16-17(10)11-8(2)5-4-6-9(11)12/h4-6,13H,3,7H2,1-2H3. The summed E-state index contributed by atoms with van der Waals surface area (Å²) in [6.45, 7) is 5.51. The summed E-state index contributed by atoms with van der Waals surface area (Å²) in [6.07, 6.45) is 0. The van der Waals surface area contributed by atoms with Gasteiger partial charge in [-0.2, -0.15) is 4.68 Å². The van der Waals surface area contributed by atoms with Crippen molar-refractivity contribution in [3.05, 3.63) is 34.6 Å². The zero-order chi connectivity index (χ0) is 12.3. The van der Waals surface area contributed by atoms with Gasteiger partial charge in [0.2, 0.25) is 0 Å². The molecule has 2 rings (SSSR count). The van der Waals surface area contributed by atoms with Crippen LogP contribution in [0.5, 0.6) is 0 Å². The normalized spacial score (nSPS) is 10.8. The third-order valence-corrected chi connectivity index (χ3v) is 2.77. The van der Waals surface area contributed by atoms with Crippen LogP contribution in [0.25, 0.3) is 5.69 Å². The Hall–Kier alpha value is -1.46. The van der Waals surface area contributed by atoms with Gasteiger partial charge in [0, 0.05) is 0 Å². The molecule has 0 saturated heterocycles. The van der Waals surface area contributed by atoms with Crippen LogP contribution in [0.4, 0.5) is 0 Å². The van der Waals surface area contributed by atoms with E-state index in [9.17, 15) is 0 Å². The number of nitrogens with one attached hydrogen (secondary N) is 1. The fraction of sp³-hybridized carbons (Fsp3) is 0.364. The molecule has 0 aliphatic rings. The minimum atomic E-state index is 0.619. The molecule has 0 unspecified atom stereocenters. The molecule has 5 nitrogen and oxygen atoms in total. The monoisotopic (exact) mass is 251 g/mol. The first-order valence-corrected chi connectivity index (χ1v) is 5.85. The van der Waals surface area contributed by atoms with Crippen LogP contribution >= 0.6 is 11.6 Å². The molecule has 0 aliphatic carbocycles. The van der Waals surface area contributed by atoms with E-state index in [4.69, 9.17) is 11.6 Å².